The first-order chi connectivity index (χ1) is 13.2. The van der Waals surface area contributed by atoms with Crippen molar-refractivity contribution >= 4 is 40.2 Å². The maximum Gasteiger partial charge on any atom is 0.252 e. The fourth-order valence-electron chi connectivity index (χ4n) is 3.98. The van der Waals surface area contributed by atoms with Crippen molar-refractivity contribution < 1.29 is 4.79 Å². The van der Waals surface area contributed by atoms with Gasteiger partial charge in [0.15, 0.2) is 0 Å². The number of nitrogens with one attached hydrogen (secondary N) is 2. The van der Waals surface area contributed by atoms with Gasteiger partial charge < -0.3 is 10.3 Å². The number of rotatable bonds is 3. The highest BCUT2D eigenvalue weighted by Crippen LogP contribution is 2.34. The van der Waals surface area contributed by atoms with Crippen LogP contribution in [0, 0.1) is 0 Å². The number of amides is 1. The SMILES string of the molecule is O=C1NCc2c(Cl)ccc(-c3cc4cc(CN5CCSCC5)ccc4[nH]3)c21. The third kappa shape index (κ3) is 3.14. The van der Waals surface area contributed by atoms with Crippen LogP contribution in [0.4, 0.5) is 0 Å². The van der Waals surface area contributed by atoms with Crippen LogP contribution in [0.3, 0.4) is 0 Å². The van der Waals surface area contributed by atoms with Gasteiger partial charge in [-0.2, -0.15) is 11.8 Å². The first-order valence-electron chi connectivity index (χ1n) is 9.21. The van der Waals surface area contributed by atoms with Crippen molar-refractivity contribution in [3.8, 4) is 11.3 Å². The van der Waals surface area contributed by atoms with Crippen LogP contribution in [-0.2, 0) is 13.1 Å². The van der Waals surface area contributed by atoms with E-state index in [1.54, 1.807) is 0 Å². The molecule has 0 unspecified atom stereocenters. The molecule has 27 heavy (non-hydrogen) atoms. The normalized spacial score (nSPS) is 17.3. The van der Waals surface area contributed by atoms with Crippen molar-refractivity contribution in [2.24, 2.45) is 0 Å². The number of nitrogens with zero attached hydrogens (tertiary/aromatic N) is 1. The zero-order valence-corrected chi connectivity index (χ0v) is 16.4. The molecular weight excluding hydrogens is 378 g/mol. The monoisotopic (exact) mass is 397 g/mol. The third-order valence-electron chi connectivity index (χ3n) is 5.39. The van der Waals surface area contributed by atoms with Gasteiger partial charge in [-0.3, -0.25) is 9.69 Å². The van der Waals surface area contributed by atoms with E-state index in [0.717, 1.165) is 42.0 Å². The molecule has 0 spiro atoms. The summed E-state index contributed by atoms with van der Waals surface area (Å²) in [4.78, 5) is 18.3. The van der Waals surface area contributed by atoms with E-state index in [1.807, 2.05) is 23.9 Å². The van der Waals surface area contributed by atoms with Crippen LogP contribution in [0.15, 0.2) is 36.4 Å². The molecule has 0 bridgehead atoms. The molecule has 0 radical (unpaired) electrons. The lowest BCUT2D eigenvalue weighted by molar-refractivity contribution is 0.0966. The molecule has 1 saturated heterocycles. The molecule has 3 aromatic rings. The summed E-state index contributed by atoms with van der Waals surface area (Å²) in [5, 5.41) is 4.70. The van der Waals surface area contributed by atoms with E-state index in [-0.39, 0.29) is 5.91 Å². The average molecular weight is 398 g/mol. The van der Waals surface area contributed by atoms with Crippen LogP contribution in [0.25, 0.3) is 22.2 Å². The Labute approximate surface area is 167 Å². The number of thioether (sulfide) groups is 1. The molecule has 2 aromatic carbocycles. The van der Waals surface area contributed by atoms with E-state index in [1.165, 1.54) is 22.5 Å². The molecule has 1 aromatic heterocycles. The number of aromatic nitrogens is 1. The predicted octanol–water partition coefficient (Wildman–Crippen LogP) is 4.28. The van der Waals surface area contributed by atoms with Gasteiger partial charge in [0.25, 0.3) is 5.91 Å². The number of aromatic amines is 1. The number of H-pyrrole nitrogens is 1. The van der Waals surface area contributed by atoms with Crippen LogP contribution in [0.2, 0.25) is 5.02 Å². The summed E-state index contributed by atoms with van der Waals surface area (Å²) in [5.74, 6) is 2.39. The van der Waals surface area contributed by atoms with E-state index in [9.17, 15) is 4.79 Å². The van der Waals surface area contributed by atoms with E-state index < -0.39 is 0 Å². The lowest BCUT2D eigenvalue weighted by atomic mass is 10.0. The van der Waals surface area contributed by atoms with Gasteiger partial charge in [-0.1, -0.05) is 23.7 Å². The topological polar surface area (TPSA) is 48.1 Å². The largest absolute Gasteiger partial charge is 0.355 e. The van der Waals surface area contributed by atoms with E-state index in [2.05, 4.69) is 39.5 Å². The number of halogens is 1. The van der Waals surface area contributed by atoms with Crippen molar-refractivity contribution in [1.82, 2.24) is 15.2 Å². The van der Waals surface area contributed by atoms with Gasteiger partial charge in [0.1, 0.15) is 0 Å². The zero-order chi connectivity index (χ0) is 18.4. The minimum absolute atomic E-state index is 0.0511. The average Bonchev–Trinajstić information content (AvgIpc) is 3.27. The summed E-state index contributed by atoms with van der Waals surface area (Å²) in [6.07, 6.45) is 0. The maximum absolute atomic E-state index is 12.3. The highest BCUT2D eigenvalue weighted by atomic mass is 35.5. The van der Waals surface area contributed by atoms with Crippen molar-refractivity contribution in [3.63, 3.8) is 0 Å². The molecule has 138 valence electrons. The smallest absolute Gasteiger partial charge is 0.252 e. The standard InChI is InChI=1S/C21H20ClN3OS/c22-17-3-2-15(20-16(17)11-23-21(20)26)19-10-14-9-13(1-4-18(14)24-19)12-25-5-7-27-8-6-25/h1-4,9-10,24H,5-8,11-12H2,(H,23,26). The molecule has 5 rings (SSSR count). The first kappa shape index (κ1) is 17.2. The van der Waals surface area contributed by atoms with Crippen LogP contribution in [0.1, 0.15) is 21.5 Å². The molecule has 4 nitrogen and oxygen atoms in total. The van der Waals surface area contributed by atoms with Crippen molar-refractivity contribution in [1.29, 1.82) is 0 Å². The number of benzene rings is 2. The minimum Gasteiger partial charge on any atom is -0.355 e. The van der Waals surface area contributed by atoms with Gasteiger partial charge in [-0.05, 0) is 29.8 Å². The Balaban J connectivity index is 1.51. The fourth-order valence-corrected chi connectivity index (χ4v) is 5.18. The fraction of sp³-hybridized carbons (Fsp3) is 0.286. The molecule has 1 amide bonds. The van der Waals surface area contributed by atoms with Gasteiger partial charge in [0.2, 0.25) is 0 Å². The summed E-state index contributed by atoms with van der Waals surface area (Å²) in [6.45, 7) is 3.81. The second-order valence-electron chi connectivity index (χ2n) is 7.12. The van der Waals surface area contributed by atoms with Gasteiger partial charge in [0, 0.05) is 70.4 Å². The van der Waals surface area contributed by atoms with Crippen molar-refractivity contribution in [3.05, 3.63) is 58.1 Å². The molecular formula is C21H20ClN3OS. The number of carbonyl (C=O) groups is 1. The predicted molar refractivity (Wildman–Crippen MR) is 113 cm³/mol. The molecule has 0 aliphatic carbocycles. The summed E-state index contributed by atoms with van der Waals surface area (Å²) in [5.41, 5.74) is 5.88. The van der Waals surface area contributed by atoms with E-state index >= 15 is 0 Å². The van der Waals surface area contributed by atoms with Gasteiger partial charge >= 0.3 is 0 Å². The lowest BCUT2D eigenvalue weighted by Crippen LogP contribution is -2.31. The zero-order valence-electron chi connectivity index (χ0n) is 14.8. The maximum atomic E-state index is 12.3. The summed E-state index contributed by atoms with van der Waals surface area (Å²) < 4.78 is 0. The lowest BCUT2D eigenvalue weighted by Gasteiger charge is -2.26. The Morgan fingerprint density at radius 1 is 1.11 bits per heavy atom. The highest BCUT2D eigenvalue weighted by Gasteiger charge is 2.26. The molecule has 0 atom stereocenters. The van der Waals surface area contributed by atoms with Crippen molar-refractivity contribution in [2.75, 3.05) is 24.6 Å². The van der Waals surface area contributed by atoms with Gasteiger partial charge in [0.05, 0.1) is 5.56 Å². The highest BCUT2D eigenvalue weighted by molar-refractivity contribution is 7.99. The molecule has 6 heteroatoms. The van der Waals surface area contributed by atoms with Crippen molar-refractivity contribution in [2.45, 2.75) is 13.1 Å². The number of fused-ring (bicyclic) bond motifs is 2. The van der Waals surface area contributed by atoms with Crippen LogP contribution < -0.4 is 5.32 Å². The van der Waals surface area contributed by atoms with Gasteiger partial charge in [-0.25, -0.2) is 0 Å². The molecule has 2 aliphatic rings. The Kier molecular flexibility index (Phi) is 4.38. The first-order valence-corrected chi connectivity index (χ1v) is 10.7. The second-order valence-corrected chi connectivity index (χ2v) is 8.76. The number of carbonyl (C=O) groups excluding carboxylic acids is 1. The Hall–Kier alpha value is -1.95. The number of hydrogen-bond acceptors (Lipinski definition) is 3. The molecule has 2 N–H and O–H groups in total. The molecule has 0 saturated carbocycles. The van der Waals surface area contributed by atoms with E-state index in [4.69, 9.17) is 11.6 Å². The summed E-state index contributed by atoms with van der Waals surface area (Å²) >= 11 is 8.31. The van der Waals surface area contributed by atoms with Crippen LogP contribution in [-0.4, -0.2) is 40.4 Å². The summed E-state index contributed by atoms with van der Waals surface area (Å²) in [7, 11) is 0. The molecule has 2 aliphatic heterocycles. The molecule has 1 fully saturated rings. The quantitative estimate of drug-likeness (QED) is 0.693. The minimum atomic E-state index is -0.0511. The summed E-state index contributed by atoms with van der Waals surface area (Å²) in [6, 6.07) is 12.5. The second kappa shape index (κ2) is 6.89. The Bertz CT molecular complexity index is 1040. The third-order valence-corrected chi connectivity index (χ3v) is 6.69. The Morgan fingerprint density at radius 3 is 2.81 bits per heavy atom. The Morgan fingerprint density at radius 2 is 1.96 bits per heavy atom. The molecule has 3 heterocycles. The van der Waals surface area contributed by atoms with Crippen LogP contribution in [0.5, 0.6) is 0 Å². The van der Waals surface area contributed by atoms with Crippen LogP contribution >= 0.6 is 23.4 Å². The van der Waals surface area contributed by atoms with E-state index in [0.29, 0.717) is 17.1 Å². The van der Waals surface area contributed by atoms with Gasteiger partial charge in [-0.15, -0.1) is 0 Å². The number of hydrogen-bond donors (Lipinski definition) is 2.